The summed E-state index contributed by atoms with van der Waals surface area (Å²) >= 11 is 10.5. The van der Waals surface area contributed by atoms with Crippen molar-refractivity contribution in [1.82, 2.24) is 0 Å². The predicted octanol–water partition coefficient (Wildman–Crippen LogP) is 5.77. The van der Waals surface area contributed by atoms with E-state index in [-0.39, 0.29) is 5.91 Å². The van der Waals surface area contributed by atoms with Crippen LogP contribution < -0.4 is 5.32 Å². The number of amides is 1. The number of methoxy groups -OCH3 is 1. The molecule has 132 valence electrons. The van der Waals surface area contributed by atoms with Crippen LogP contribution in [-0.4, -0.2) is 19.0 Å². The van der Waals surface area contributed by atoms with Crippen LogP contribution in [-0.2, 0) is 10.5 Å². The highest BCUT2D eigenvalue weighted by Crippen LogP contribution is 2.46. The van der Waals surface area contributed by atoms with Crippen molar-refractivity contribution in [3.63, 3.8) is 0 Å². The maximum atomic E-state index is 12.7. The summed E-state index contributed by atoms with van der Waals surface area (Å²) in [6.45, 7) is 0. The van der Waals surface area contributed by atoms with Crippen LogP contribution in [0.5, 0.6) is 0 Å². The number of anilines is 1. The zero-order chi connectivity index (χ0) is 18.3. The molecular formula is C18H12ClNO3S3. The third-order valence-corrected chi connectivity index (χ3v) is 7.33. The van der Waals surface area contributed by atoms with Crippen molar-refractivity contribution in [3.05, 3.63) is 56.1 Å². The Morgan fingerprint density at radius 2 is 2.08 bits per heavy atom. The molecule has 4 rings (SSSR count). The third-order valence-electron chi connectivity index (χ3n) is 3.89. The number of carbonyl (C=O) groups excluding carboxylic acids is 2. The van der Waals surface area contributed by atoms with Crippen LogP contribution >= 0.6 is 46.0 Å². The molecule has 0 unspecified atom stereocenters. The largest absolute Gasteiger partial charge is 0.465 e. The summed E-state index contributed by atoms with van der Waals surface area (Å²) < 4.78 is 4.75. The quantitative estimate of drug-likeness (QED) is 0.545. The standard InChI is InChI=1S/C18H12ClNO3S3/c1-23-18(22)16-12(4-5-24-16)20-17(21)14-6-9-8-25-13-7-10(19)2-3-11(13)15(9)26-14/h2-7H,8H2,1H3,(H,20,21). The Morgan fingerprint density at radius 1 is 1.23 bits per heavy atom. The maximum Gasteiger partial charge on any atom is 0.350 e. The van der Waals surface area contributed by atoms with Crippen molar-refractivity contribution >= 4 is 63.6 Å². The predicted molar refractivity (Wildman–Crippen MR) is 108 cm³/mol. The van der Waals surface area contributed by atoms with Gasteiger partial charge in [0.25, 0.3) is 5.91 Å². The number of fused-ring (bicyclic) bond motifs is 3. The van der Waals surface area contributed by atoms with Gasteiger partial charge < -0.3 is 10.1 Å². The number of thiophene rings is 2. The summed E-state index contributed by atoms with van der Waals surface area (Å²) in [7, 11) is 1.32. The Balaban J connectivity index is 1.63. The van der Waals surface area contributed by atoms with Gasteiger partial charge in [0.1, 0.15) is 4.88 Å². The topological polar surface area (TPSA) is 55.4 Å². The minimum absolute atomic E-state index is 0.228. The van der Waals surface area contributed by atoms with Crippen LogP contribution in [0.4, 0.5) is 5.69 Å². The van der Waals surface area contributed by atoms with Crippen LogP contribution in [0.25, 0.3) is 10.4 Å². The minimum atomic E-state index is -0.456. The number of esters is 1. The first kappa shape index (κ1) is 17.6. The smallest absolute Gasteiger partial charge is 0.350 e. The van der Waals surface area contributed by atoms with Gasteiger partial charge in [0.2, 0.25) is 0 Å². The van der Waals surface area contributed by atoms with Gasteiger partial charge in [-0.1, -0.05) is 17.7 Å². The first-order valence-corrected chi connectivity index (χ1v) is 10.7. The van der Waals surface area contributed by atoms with Gasteiger partial charge in [0.05, 0.1) is 17.7 Å². The van der Waals surface area contributed by atoms with Crippen LogP contribution in [0.3, 0.4) is 0 Å². The van der Waals surface area contributed by atoms with Gasteiger partial charge in [0, 0.05) is 26.1 Å². The average molecular weight is 422 g/mol. The molecule has 3 heterocycles. The molecule has 0 aliphatic carbocycles. The van der Waals surface area contributed by atoms with Crippen molar-refractivity contribution < 1.29 is 14.3 Å². The molecule has 0 atom stereocenters. The van der Waals surface area contributed by atoms with E-state index in [4.69, 9.17) is 16.3 Å². The van der Waals surface area contributed by atoms with E-state index in [9.17, 15) is 9.59 Å². The fourth-order valence-electron chi connectivity index (χ4n) is 2.68. The second kappa shape index (κ2) is 7.08. The molecule has 0 fully saturated rings. The van der Waals surface area contributed by atoms with Gasteiger partial charge in [-0.2, -0.15) is 0 Å². The molecule has 4 nitrogen and oxygen atoms in total. The Morgan fingerprint density at radius 3 is 2.88 bits per heavy atom. The Hall–Kier alpha value is -1.80. The number of thioether (sulfide) groups is 1. The van der Waals surface area contributed by atoms with E-state index in [2.05, 4.69) is 5.32 Å². The normalized spacial score (nSPS) is 12.2. The molecule has 0 saturated heterocycles. The number of carbonyl (C=O) groups is 2. The van der Waals surface area contributed by atoms with Crippen molar-refractivity contribution in [3.8, 4) is 10.4 Å². The summed E-state index contributed by atoms with van der Waals surface area (Å²) in [6, 6.07) is 9.44. The molecule has 0 saturated carbocycles. The fraction of sp³-hybridized carbons (Fsp3) is 0.111. The number of rotatable bonds is 3. The van der Waals surface area contributed by atoms with Gasteiger partial charge >= 0.3 is 5.97 Å². The van der Waals surface area contributed by atoms with Crippen LogP contribution in [0.15, 0.2) is 40.6 Å². The Bertz CT molecular complexity index is 1020. The number of hydrogen-bond donors (Lipinski definition) is 1. The third kappa shape index (κ3) is 3.16. The molecule has 0 radical (unpaired) electrons. The average Bonchev–Trinajstić information content (AvgIpc) is 3.27. The van der Waals surface area contributed by atoms with Gasteiger partial charge in [-0.3, -0.25) is 4.79 Å². The minimum Gasteiger partial charge on any atom is -0.465 e. The highest BCUT2D eigenvalue weighted by atomic mass is 35.5. The highest BCUT2D eigenvalue weighted by Gasteiger charge is 2.23. The Kier molecular flexibility index (Phi) is 4.79. The van der Waals surface area contributed by atoms with E-state index in [0.717, 1.165) is 26.7 Å². The van der Waals surface area contributed by atoms with E-state index in [0.29, 0.717) is 20.5 Å². The molecule has 2 aromatic heterocycles. The first-order valence-electron chi connectivity index (χ1n) is 7.59. The summed E-state index contributed by atoms with van der Waals surface area (Å²) in [5, 5.41) is 5.28. The number of ether oxygens (including phenoxy) is 1. The number of hydrogen-bond acceptors (Lipinski definition) is 6. The Labute approximate surface area is 167 Å². The van der Waals surface area contributed by atoms with Crippen molar-refractivity contribution in [2.75, 3.05) is 12.4 Å². The SMILES string of the molecule is COC(=O)c1sccc1NC(=O)c1cc2c(s1)-c1ccc(Cl)cc1SC2. The molecule has 0 spiro atoms. The van der Waals surface area contributed by atoms with Gasteiger partial charge in [-0.25, -0.2) is 4.79 Å². The molecule has 0 bridgehead atoms. The molecule has 1 N–H and O–H groups in total. The molecule has 1 aromatic carbocycles. The summed E-state index contributed by atoms with van der Waals surface area (Å²) in [4.78, 5) is 27.7. The molecule has 1 aliphatic heterocycles. The maximum absolute atomic E-state index is 12.7. The number of nitrogens with one attached hydrogen (secondary N) is 1. The monoisotopic (exact) mass is 421 g/mol. The molecule has 3 aromatic rings. The van der Waals surface area contributed by atoms with Crippen LogP contribution in [0, 0.1) is 0 Å². The van der Waals surface area contributed by atoms with Crippen molar-refractivity contribution in [2.24, 2.45) is 0 Å². The lowest BCUT2D eigenvalue weighted by Gasteiger charge is -2.15. The van der Waals surface area contributed by atoms with Gasteiger partial charge in [-0.05, 0) is 35.2 Å². The van der Waals surface area contributed by atoms with Crippen molar-refractivity contribution in [1.29, 1.82) is 0 Å². The zero-order valence-corrected chi connectivity index (χ0v) is 16.7. The molecular weight excluding hydrogens is 410 g/mol. The summed E-state index contributed by atoms with van der Waals surface area (Å²) in [5.41, 5.74) is 2.72. The molecule has 8 heteroatoms. The van der Waals surface area contributed by atoms with E-state index < -0.39 is 5.97 Å². The lowest BCUT2D eigenvalue weighted by atomic mass is 10.1. The zero-order valence-electron chi connectivity index (χ0n) is 13.5. The van der Waals surface area contributed by atoms with Crippen LogP contribution in [0.2, 0.25) is 5.02 Å². The lowest BCUT2D eigenvalue weighted by Crippen LogP contribution is -2.12. The van der Waals surface area contributed by atoms with E-state index in [1.54, 1.807) is 23.2 Å². The molecule has 26 heavy (non-hydrogen) atoms. The van der Waals surface area contributed by atoms with E-state index >= 15 is 0 Å². The summed E-state index contributed by atoms with van der Waals surface area (Å²) in [6.07, 6.45) is 0. The van der Waals surface area contributed by atoms with Gasteiger partial charge in [0.15, 0.2) is 0 Å². The van der Waals surface area contributed by atoms with Crippen LogP contribution in [0.1, 0.15) is 24.9 Å². The first-order chi connectivity index (χ1) is 12.6. The molecule has 1 aliphatic rings. The van der Waals surface area contributed by atoms with Gasteiger partial charge in [-0.15, -0.1) is 34.4 Å². The lowest BCUT2D eigenvalue weighted by molar-refractivity contribution is 0.0607. The fourth-order valence-corrected chi connectivity index (χ4v) is 6.03. The number of benzene rings is 1. The highest BCUT2D eigenvalue weighted by molar-refractivity contribution is 7.98. The second-order valence-corrected chi connectivity index (χ2v) is 8.93. The summed E-state index contributed by atoms with van der Waals surface area (Å²) in [5.74, 6) is 0.120. The number of halogens is 1. The second-order valence-electron chi connectivity index (χ2n) is 5.50. The van der Waals surface area contributed by atoms with Crippen molar-refractivity contribution in [2.45, 2.75) is 10.6 Å². The molecule has 1 amide bonds. The van der Waals surface area contributed by atoms with E-state index in [1.165, 1.54) is 29.8 Å². The van der Waals surface area contributed by atoms with E-state index in [1.807, 2.05) is 24.3 Å².